The van der Waals surface area contributed by atoms with Crippen molar-refractivity contribution >= 4 is 39.9 Å². The van der Waals surface area contributed by atoms with E-state index in [1.165, 1.54) is 23.9 Å². The standard InChI is InChI=1S/C22H17ClN4O4S/c1-12-18(19(26-31-12)14-4-2-3-5-15(14)23)21(29)27-8-6-16-17(10-27)32-22(24-16)25-20(28)13-7-9-30-11-13/h2-5,7,9,11H,6,8,10H2,1H3,(H,24,25,28). The van der Waals surface area contributed by atoms with Crippen molar-refractivity contribution in [2.45, 2.75) is 19.9 Å². The zero-order valence-corrected chi connectivity index (χ0v) is 18.5. The maximum Gasteiger partial charge on any atom is 0.260 e. The average molecular weight is 469 g/mol. The fourth-order valence-electron chi connectivity index (χ4n) is 3.60. The number of rotatable bonds is 4. The number of hydrogen-bond donors (Lipinski definition) is 1. The molecule has 1 aliphatic heterocycles. The third-order valence-electron chi connectivity index (χ3n) is 5.23. The van der Waals surface area contributed by atoms with Crippen LogP contribution in [0.3, 0.4) is 0 Å². The van der Waals surface area contributed by atoms with E-state index >= 15 is 0 Å². The molecule has 8 nitrogen and oxygen atoms in total. The number of aromatic nitrogens is 2. The summed E-state index contributed by atoms with van der Waals surface area (Å²) in [5.74, 6) is -0.0305. The van der Waals surface area contributed by atoms with E-state index in [1.54, 1.807) is 24.0 Å². The molecule has 5 rings (SSSR count). The van der Waals surface area contributed by atoms with Crippen molar-refractivity contribution in [3.8, 4) is 11.3 Å². The summed E-state index contributed by atoms with van der Waals surface area (Å²) >= 11 is 7.68. The number of furan rings is 1. The number of carbonyl (C=O) groups is 2. The zero-order chi connectivity index (χ0) is 22.2. The second-order valence-corrected chi connectivity index (χ2v) is 8.76. The predicted octanol–water partition coefficient (Wildman–Crippen LogP) is 4.80. The Hall–Kier alpha value is -3.43. The van der Waals surface area contributed by atoms with Gasteiger partial charge in [-0.2, -0.15) is 0 Å². The molecule has 10 heteroatoms. The van der Waals surface area contributed by atoms with Gasteiger partial charge < -0.3 is 13.8 Å². The fourth-order valence-corrected chi connectivity index (χ4v) is 4.85. The van der Waals surface area contributed by atoms with E-state index in [1.807, 2.05) is 18.2 Å². The number of aryl methyl sites for hydroxylation is 1. The van der Waals surface area contributed by atoms with Crippen LogP contribution in [0.5, 0.6) is 0 Å². The molecule has 0 saturated heterocycles. The number of anilines is 1. The van der Waals surface area contributed by atoms with Gasteiger partial charge in [0.25, 0.3) is 11.8 Å². The van der Waals surface area contributed by atoms with Crippen LogP contribution in [-0.4, -0.2) is 33.4 Å². The highest BCUT2D eigenvalue weighted by Gasteiger charge is 2.30. The van der Waals surface area contributed by atoms with E-state index in [-0.39, 0.29) is 11.8 Å². The van der Waals surface area contributed by atoms with Gasteiger partial charge in [0.1, 0.15) is 23.3 Å². The molecular formula is C22H17ClN4O4S. The van der Waals surface area contributed by atoms with Gasteiger partial charge in [-0.05, 0) is 19.1 Å². The Morgan fingerprint density at radius 3 is 2.88 bits per heavy atom. The molecule has 0 unspecified atom stereocenters. The van der Waals surface area contributed by atoms with Gasteiger partial charge in [0.2, 0.25) is 0 Å². The highest BCUT2D eigenvalue weighted by Crippen LogP contribution is 2.34. The molecule has 0 radical (unpaired) electrons. The van der Waals surface area contributed by atoms with Gasteiger partial charge in [-0.15, -0.1) is 0 Å². The van der Waals surface area contributed by atoms with Crippen molar-refractivity contribution in [2.75, 3.05) is 11.9 Å². The van der Waals surface area contributed by atoms with Crippen molar-refractivity contribution in [3.05, 3.63) is 75.3 Å². The molecule has 2 amide bonds. The number of carbonyl (C=O) groups excluding carboxylic acids is 2. The second-order valence-electron chi connectivity index (χ2n) is 7.27. The van der Waals surface area contributed by atoms with Crippen LogP contribution in [0, 0.1) is 6.92 Å². The van der Waals surface area contributed by atoms with Crippen molar-refractivity contribution in [2.24, 2.45) is 0 Å². The molecule has 0 bridgehead atoms. The number of amides is 2. The van der Waals surface area contributed by atoms with Gasteiger partial charge in [-0.1, -0.05) is 46.3 Å². The first-order valence-electron chi connectivity index (χ1n) is 9.84. The summed E-state index contributed by atoms with van der Waals surface area (Å²) in [6.45, 7) is 2.60. The third kappa shape index (κ3) is 3.69. The molecule has 3 aromatic heterocycles. The zero-order valence-electron chi connectivity index (χ0n) is 16.9. The van der Waals surface area contributed by atoms with Gasteiger partial charge in [-0.25, -0.2) is 4.98 Å². The molecule has 0 aliphatic carbocycles. The molecule has 1 aromatic carbocycles. The number of hydrogen-bond acceptors (Lipinski definition) is 7. The summed E-state index contributed by atoms with van der Waals surface area (Å²) in [7, 11) is 0. The molecule has 1 aliphatic rings. The Morgan fingerprint density at radius 2 is 2.09 bits per heavy atom. The first-order chi connectivity index (χ1) is 15.5. The monoisotopic (exact) mass is 468 g/mol. The topological polar surface area (TPSA) is 101 Å². The van der Waals surface area contributed by atoms with E-state index in [9.17, 15) is 9.59 Å². The molecule has 32 heavy (non-hydrogen) atoms. The minimum atomic E-state index is -0.290. The molecule has 162 valence electrons. The lowest BCUT2D eigenvalue weighted by atomic mass is 10.0. The van der Waals surface area contributed by atoms with E-state index in [2.05, 4.69) is 15.5 Å². The number of thiazole rings is 1. The molecule has 1 N–H and O–H groups in total. The van der Waals surface area contributed by atoms with E-state index in [4.69, 9.17) is 20.5 Å². The maximum atomic E-state index is 13.4. The molecular weight excluding hydrogens is 452 g/mol. The second kappa shape index (κ2) is 8.25. The van der Waals surface area contributed by atoms with Gasteiger partial charge in [0, 0.05) is 23.4 Å². The van der Waals surface area contributed by atoms with Crippen LogP contribution in [0.4, 0.5) is 5.13 Å². The lowest BCUT2D eigenvalue weighted by Gasteiger charge is -2.26. The lowest BCUT2D eigenvalue weighted by molar-refractivity contribution is 0.0735. The van der Waals surface area contributed by atoms with Crippen LogP contribution in [0.1, 0.15) is 37.0 Å². The summed E-state index contributed by atoms with van der Waals surface area (Å²) in [5, 5.41) is 7.87. The summed E-state index contributed by atoms with van der Waals surface area (Å²) in [5.41, 5.74) is 2.79. The first kappa shape index (κ1) is 20.5. The molecule has 0 atom stereocenters. The Morgan fingerprint density at radius 1 is 1.25 bits per heavy atom. The van der Waals surface area contributed by atoms with E-state index < -0.39 is 0 Å². The fraction of sp³-hybridized carbons (Fsp3) is 0.182. The molecule has 4 aromatic rings. The lowest BCUT2D eigenvalue weighted by Crippen LogP contribution is -2.35. The normalized spacial score (nSPS) is 13.1. The minimum Gasteiger partial charge on any atom is -0.472 e. The summed E-state index contributed by atoms with van der Waals surface area (Å²) < 4.78 is 10.3. The largest absolute Gasteiger partial charge is 0.472 e. The average Bonchev–Trinajstić information content (AvgIpc) is 3.52. The number of nitrogens with one attached hydrogen (secondary N) is 1. The van der Waals surface area contributed by atoms with E-state index in [0.29, 0.717) is 57.8 Å². The Bertz CT molecular complexity index is 1310. The SMILES string of the molecule is Cc1onc(-c2ccccc2Cl)c1C(=O)N1CCc2nc(NC(=O)c3ccoc3)sc2C1. The number of halogens is 1. The number of benzene rings is 1. The molecule has 0 fully saturated rings. The van der Waals surface area contributed by atoms with Gasteiger partial charge in [-0.3, -0.25) is 14.9 Å². The van der Waals surface area contributed by atoms with E-state index in [0.717, 1.165) is 10.6 Å². The van der Waals surface area contributed by atoms with Crippen LogP contribution in [-0.2, 0) is 13.0 Å². The van der Waals surface area contributed by atoms with Gasteiger partial charge in [0.15, 0.2) is 5.13 Å². The summed E-state index contributed by atoms with van der Waals surface area (Å²) in [6, 6.07) is 8.80. The quantitative estimate of drug-likeness (QED) is 0.461. The Balaban J connectivity index is 1.37. The smallest absolute Gasteiger partial charge is 0.260 e. The number of fused-ring (bicyclic) bond motifs is 1. The first-order valence-corrected chi connectivity index (χ1v) is 11.0. The van der Waals surface area contributed by atoms with Crippen molar-refractivity contribution < 1.29 is 18.5 Å². The predicted molar refractivity (Wildman–Crippen MR) is 119 cm³/mol. The van der Waals surface area contributed by atoms with Crippen molar-refractivity contribution in [1.82, 2.24) is 15.0 Å². The summed E-state index contributed by atoms with van der Waals surface area (Å²) in [4.78, 5) is 32.9. The maximum absolute atomic E-state index is 13.4. The van der Waals surface area contributed by atoms with Gasteiger partial charge in [0.05, 0.1) is 29.1 Å². The van der Waals surface area contributed by atoms with Crippen LogP contribution < -0.4 is 5.32 Å². The minimum absolute atomic E-state index is 0.179. The molecule has 0 saturated carbocycles. The van der Waals surface area contributed by atoms with Crippen LogP contribution in [0.2, 0.25) is 5.02 Å². The van der Waals surface area contributed by atoms with Crippen molar-refractivity contribution in [3.63, 3.8) is 0 Å². The molecule has 0 spiro atoms. The third-order valence-corrected chi connectivity index (χ3v) is 6.56. The van der Waals surface area contributed by atoms with Gasteiger partial charge >= 0.3 is 0 Å². The van der Waals surface area contributed by atoms with Crippen LogP contribution in [0.25, 0.3) is 11.3 Å². The molecule has 4 heterocycles. The number of nitrogens with zero attached hydrogens (tertiary/aromatic N) is 3. The van der Waals surface area contributed by atoms with Crippen LogP contribution >= 0.6 is 22.9 Å². The summed E-state index contributed by atoms with van der Waals surface area (Å²) in [6.07, 6.45) is 3.40. The van der Waals surface area contributed by atoms with Crippen molar-refractivity contribution in [1.29, 1.82) is 0 Å². The van der Waals surface area contributed by atoms with Crippen LogP contribution in [0.15, 0.2) is 51.8 Å². The highest BCUT2D eigenvalue weighted by atomic mass is 35.5. The highest BCUT2D eigenvalue weighted by molar-refractivity contribution is 7.15. The Kier molecular flexibility index (Phi) is 5.28. The Labute approximate surface area is 191 Å².